The Bertz CT molecular complexity index is 367. The summed E-state index contributed by atoms with van der Waals surface area (Å²) in [4.78, 5) is 0.677. The molecule has 1 N–H and O–H groups in total. The fourth-order valence-electron chi connectivity index (χ4n) is 0.913. The first-order chi connectivity index (χ1) is 6.10. The number of hydrogen-bond acceptors (Lipinski definition) is 2. The first-order valence-corrected chi connectivity index (χ1v) is 5.52. The minimum Gasteiger partial charge on any atom is -0.497 e. The van der Waals surface area contributed by atoms with Gasteiger partial charge in [0.2, 0.25) is 0 Å². The van der Waals surface area contributed by atoms with E-state index in [-0.39, 0.29) is 0 Å². The van der Waals surface area contributed by atoms with E-state index in [2.05, 4.69) is 10.6 Å². The Morgan fingerprint density at radius 1 is 1.38 bits per heavy atom. The van der Waals surface area contributed by atoms with Crippen molar-refractivity contribution in [2.24, 2.45) is 0 Å². The number of ether oxygens (including phenoxy) is 1. The summed E-state index contributed by atoms with van der Waals surface area (Å²) >= 11 is 0. The summed E-state index contributed by atoms with van der Waals surface area (Å²) in [6.45, 7) is 0. The first-order valence-electron chi connectivity index (χ1n) is 3.80. The Morgan fingerprint density at radius 2 is 1.92 bits per heavy atom. The molecule has 0 aliphatic heterocycles. The molecule has 1 atom stereocenters. The molecule has 1 rings (SSSR count). The van der Waals surface area contributed by atoms with Gasteiger partial charge in [-0.05, 0) is 37.2 Å². The minimum atomic E-state index is -2.33. The molecule has 0 aliphatic carbocycles. The van der Waals surface area contributed by atoms with E-state index in [4.69, 9.17) is 4.74 Å². The number of methoxy groups -OCH3 is 1. The lowest BCUT2D eigenvalue weighted by Crippen LogP contribution is -2.18. The highest BCUT2D eigenvalue weighted by molar-refractivity contribution is 7.98. The fraction of sp³-hybridized carbons (Fsp3) is 0.222. The molecule has 1 aromatic rings. The van der Waals surface area contributed by atoms with Gasteiger partial charge < -0.3 is 4.74 Å². The standard InChI is InChI=1S/C9H13NO2S/c1-10-13(3,11)9-6-4-8(12-2)5-7-9/h4-7H,3H2,1-2H3,(H,10,11). The summed E-state index contributed by atoms with van der Waals surface area (Å²) < 4.78 is 19.3. The van der Waals surface area contributed by atoms with Crippen molar-refractivity contribution in [3.8, 4) is 5.75 Å². The van der Waals surface area contributed by atoms with Crippen LogP contribution in [-0.4, -0.2) is 24.2 Å². The van der Waals surface area contributed by atoms with Crippen molar-refractivity contribution in [2.45, 2.75) is 4.90 Å². The molecule has 0 heterocycles. The fourth-order valence-corrected chi connectivity index (χ4v) is 1.72. The number of benzene rings is 1. The second kappa shape index (κ2) is 3.81. The maximum Gasteiger partial charge on any atom is 0.118 e. The molecule has 0 fully saturated rings. The van der Waals surface area contributed by atoms with E-state index in [0.29, 0.717) is 4.90 Å². The Morgan fingerprint density at radius 3 is 2.31 bits per heavy atom. The lowest BCUT2D eigenvalue weighted by Gasteiger charge is -2.07. The SMILES string of the molecule is C=S(=O)(NC)c1ccc(OC)cc1. The van der Waals surface area contributed by atoms with Gasteiger partial charge in [-0.3, -0.25) is 0 Å². The summed E-state index contributed by atoms with van der Waals surface area (Å²) in [6, 6.07) is 7.00. The molecule has 1 aromatic carbocycles. The van der Waals surface area contributed by atoms with Crippen molar-refractivity contribution < 1.29 is 8.95 Å². The van der Waals surface area contributed by atoms with E-state index in [1.807, 2.05) is 0 Å². The second-order valence-electron chi connectivity index (χ2n) is 2.55. The zero-order valence-corrected chi connectivity index (χ0v) is 8.56. The molecule has 0 aromatic heterocycles. The van der Waals surface area contributed by atoms with Crippen LogP contribution in [0.1, 0.15) is 0 Å². The van der Waals surface area contributed by atoms with E-state index >= 15 is 0 Å². The van der Waals surface area contributed by atoms with Crippen molar-refractivity contribution in [1.82, 2.24) is 4.72 Å². The molecule has 0 aliphatic rings. The van der Waals surface area contributed by atoms with Crippen LogP contribution in [0.15, 0.2) is 29.2 Å². The van der Waals surface area contributed by atoms with Crippen LogP contribution >= 0.6 is 0 Å². The van der Waals surface area contributed by atoms with Crippen LogP contribution in [0.2, 0.25) is 0 Å². The third kappa shape index (κ3) is 2.23. The van der Waals surface area contributed by atoms with Crippen molar-refractivity contribution in [3.05, 3.63) is 24.3 Å². The molecule has 1 unspecified atom stereocenters. The van der Waals surface area contributed by atoms with E-state index in [1.165, 1.54) is 0 Å². The smallest absolute Gasteiger partial charge is 0.118 e. The van der Waals surface area contributed by atoms with Gasteiger partial charge in [-0.15, -0.1) is 0 Å². The van der Waals surface area contributed by atoms with Crippen LogP contribution in [0.4, 0.5) is 0 Å². The van der Waals surface area contributed by atoms with Crippen LogP contribution in [0.3, 0.4) is 0 Å². The molecular weight excluding hydrogens is 186 g/mol. The van der Waals surface area contributed by atoms with Crippen molar-refractivity contribution in [2.75, 3.05) is 14.2 Å². The molecule has 0 saturated carbocycles. The van der Waals surface area contributed by atoms with Gasteiger partial charge >= 0.3 is 0 Å². The summed E-state index contributed by atoms with van der Waals surface area (Å²) in [7, 11) is 0.888. The molecule has 0 radical (unpaired) electrons. The van der Waals surface area contributed by atoms with Crippen molar-refractivity contribution in [1.29, 1.82) is 0 Å². The largest absolute Gasteiger partial charge is 0.497 e. The molecule has 0 amide bonds. The normalized spacial score (nSPS) is 14.9. The molecule has 0 bridgehead atoms. The molecule has 0 saturated heterocycles. The maximum absolute atomic E-state index is 11.7. The van der Waals surface area contributed by atoms with Gasteiger partial charge in [-0.25, -0.2) is 8.93 Å². The van der Waals surface area contributed by atoms with Gasteiger partial charge in [0.15, 0.2) is 0 Å². The zero-order valence-electron chi connectivity index (χ0n) is 7.74. The molecule has 3 nitrogen and oxygen atoms in total. The Balaban J connectivity index is 3.06. The Kier molecular flexibility index (Phi) is 2.95. The third-order valence-electron chi connectivity index (χ3n) is 1.77. The molecule has 0 spiro atoms. The van der Waals surface area contributed by atoms with Crippen LogP contribution in [0.25, 0.3) is 0 Å². The van der Waals surface area contributed by atoms with Gasteiger partial charge in [-0.2, -0.15) is 0 Å². The van der Waals surface area contributed by atoms with Crippen LogP contribution in [-0.2, 0) is 9.71 Å². The summed E-state index contributed by atoms with van der Waals surface area (Å²) in [5, 5.41) is 0. The van der Waals surface area contributed by atoms with Crippen LogP contribution in [0, 0.1) is 0 Å². The number of nitrogens with one attached hydrogen (secondary N) is 1. The van der Waals surface area contributed by atoms with Gasteiger partial charge in [0.25, 0.3) is 0 Å². The maximum atomic E-state index is 11.7. The lowest BCUT2D eigenvalue weighted by molar-refractivity contribution is 0.414. The molecule has 72 valence electrons. The highest BCUT2D eigenvalue weighted by atomic mass is 32.2. The minimum absolute atomic E-state index is 0.677. The van der Waals surface area contributed by atoms with Crippen LogP contribution in [0.5, 0.6) is 5.75 Å². The van der Waals surface area contributed by atoms with Gasteiger partial charge in [0.1, 0.15) is 5.75 Å². The van der Waals surface area contributed by atoms with E-state index < -0.39 is 9.71 Å². The van der Waals surface area contributed by atoms with Gasteiger partial charge in [0.05, 0.1) is 16.8 Å². The topological polar surface area (TPSA) is 38.3 Å². The predicted molar refractivity (Wildman–Crippen MR) is 55.6 cm³/mol. The zero-order chi connectivity index (χ0) is 9.90. The highest BCUT2D eigenvalue weighted by Crippen LogP contribution is 2.14. The number of hydrogen-bond donors (Lipinski definition) is 1. The quantitative estimate of drug-likeness (QED) is 0.735. The number of rotatable bonds is 3. The average molecular weight is 199 g/mol. The lowest BCUT2D eigenvalue weighted by atomic mass is 10.3. The highest BCUT2D eigenvalue weighted by Gasteiger charge is 2.03. The molecule has 13 heavy (non-hydrogen) atoms. The van der Waals surface area contributed by atoms with E-state index in [0.717, 1.165) is 5.75 Å². The Hall–Kier alpha value is -1.00. The molecular formula is C9H13NO2S. The summed E-state index contributed by atoms with van der Waals surface area (Å²) in [5.41, 5.74) is 0. The molecule has 4 heteroatoms. The second-order valence-corrected chi connectivity index (χ2v) is 4.79. The van der Waals surface area contributed by atoms with Crippen molar-refractivity contribution in [3.63, 3.8) is 0 Å². The van der Waals surface area contributed by atoms with Crippen molar-refractivity contribution >= 4 is 15.6 Å². The first kappa shape index (κ1) is 10.1. The third-order valence-corrected chi connectivity index (χ3v) is 3.46. The van der Waals surface area contributed by atoms with Gasteiger partial charge in [0, 0.05) is 4.90 Å². The Labute approximate surface area is 78.9 Å². The summed E-state index contributed by atoms with van der Waals surface area (Å²) in [6.07, 6.45) is 0. The average Bonchev–Trinajstić information content (AvgIpc) is 2.18. The van der Waals surface area contributed by atoms with Crippen LogP contribution < -0.4 is 9.46 Å². The van der Waals surface area contributed by atoms with E-state index in [1.54, 1.807) is 38.4 Å². The van der Waals surface area contributed by atoms with E-state index in [9.17, 15) is 4.21 Å². The monoisotopic (exact) mass is 199 g/mol. The predicted octanol–water partition coefficient (Wildman–Crippen LogP) is 0.905. The summed E-state index contributed by atoms with van der Waals surface area (Å²) in [5.74, 6) is 4.34. The van der Waals surface area contributed by atoms with Gasteiger partial charge in [-0.1, -0.05) is 0 Å².